The van der Waals surface area contributed by atoms with Crippen molar-refractivity contribution in [1.82, 2.24) is 14.7 Å². The zero-order chi connectivity index (χ0) is 24.7. The van der Waals surface area contributed by atoms with Crippen molar-refractivity contribution < 1.29 is 19.8 Å². The maximum atomic E-state index is 12.6. The first-order valence-corrected chi connectivity index (χ1v) is 12.7. The number of hydrogen-bond acceptors (Lipinski definition) is 5. The van der Waals surface area contributed by atoms with E-state index in [2.05, 4.69) is 4.90 Å². The molecule has 0 aliphatic carbocycles. The van der Waals surface area contributed by atoms with E-state index in [1.54, 1.807) is 29.2 Å². The number of nitrogens with zero attached hydrogens (tertiary/aromatic N) is 3. The number of aliphatic hydroxyl groups excluding tert-OH is 2. The lowest BCUT2D eigenvalue weighted by molar-refractivity contribution is -0.130. The van der Waals surface area contributed by atoms with Crippen LogP contribution in [0.5, 0.6) is 0 Å². The second-order valence-electron chi connectivity index (χ2n) is 9.55. The molecule has 2 atom stereocenters. The molecule has 0 saturated carbocycles. The first kappa shape index (κ1) is 27.0. The van der Waals surface area contributed by atoms with Crippen molar-refractivity contribution in [1.29, 1.82) is 0 Å². The van der Waals surface area contributed by atoms with Crippen LogP contribution in [0, 0.1) is 5.41 Å². The molecule has 0 aromatic heterocycles. The molecule has 3 rings (SSSR count). The van der Waals surface area contributed by atoms with E-state index in [9.17, 15) is 19.8 Å². The highest BCUT2D eigenvalue weighted by Crippen LogP contribution is 2.30. The zero-order valence-electron chi connectivity index (χ0n) is 19.8. The molecule has 0 unspecified atom stereocenters. The lowest BCUT2D eigenvalue weighted by Gasteiger charge is -2.42. The first-order chi connectivity index (χ1) is 16.2. The molecule has 9 heteroatoms. The number of carbonyl (C=O) groups excluding carboxylic acids is 2. The normalized spacial score (nSPS) is 24.6. The van der Waals surface area contributed by atoms with Gasteiger partial charge >= 0.3 is 0 Å². The van der Waals surface area contributed by atoms with Crippen molar-refractivity contribution in [2.75, 3.05) is 52.4 Å². The molecule has 2 aliphatic heterocycles. The van der Waals surface area contributed by atoms with Gasteiger partial charge in [-0.3, -0.25) is 9.59 Å². The van der Waals surface area contributed by atoms with Gasteiger partial charge in [0.15, 0.2) is 0 Å². The van der Waals surface area contributed by atoms with E-state index >= 15 is 0 Å². The molecule has 2 heterocycles. The lowest BCUT2D eigenvalue weighted by atomic mass is 9.79. The minimum absolute atomic E-state index is 0.00384. The third-order valence-electron chi connectivity index (χ3n) is 7.01. The minimum Gasteiger partial charge on any atom is -0.396 e. The van der Waals surface area contributed by atoms with Crippen LogP contribution >= 0.6 is 23.2 Å². The summed E-state index contributed by atoms with van der Waals surface area (Å²) in [5.41, 5.74) is 0.382. The van der Waals surface area contributed by atoms with Gasteiger partial charge in [0.25, 0.3) is 0 Å². The van der Waals surface area contributed by atoms with Gasteiger partial charge in [-0.05, 0) is 56.1 Å². The van der Waals surface area contributed by atoms with Crippen LogP contribution < -0.4 is 0 Å². The quantitative estimate of drug-likeness (QED) is 0.414. The van der Waals surface area contributed by atoms with Crippen molar-refractivity contribution in [2.45, 2.75) is 38.7 Å². The van der Waals surface area contributed by atoms with Gasteiger partial charge < -0.3 is 24.9 Å². The molecular weight excluding hydrogens is 477 g/mol. The number of rotatable bonds is 8. The Kier molecular flexibility index (Phi) is 9.80. The molecule has 34 heavy (non-hydrogen) atoms. The van der Waals surface area contributed by atoms with Gasteiger partial charge in [0.05, 0.1) is 22.8 Å². The Bertz CT molecular complexity index is 897. The monoisotopic (exact) mass is 511 g/mol. The van der Waals surface area contributed by atoms with E-state index in [-0.39, 0.29) is 18.4 Å². The van der Waals surface area contributed by atoms with E-state index in [0.29, 0.717) is 49.2 Å². The maximum Gasteiger partial charge on any atom is 0.246 e. The Hall–Kier alpha value is -1.64. The summed E-state index contributed by atoms with van der Waals surface area (Å²) in [6, 6.07) is 5.19. The molecule has 2 fully saturated rings. The fourth-order valence-corrected chi connectivity index (χ4v) is 4.68. The van der Waals surface area contributed by atoms with E-state index in [1.807, 2.05) is 11.8 Å². The fraction of sp³-hybridized carbons (Fsp3) is 0.600. The second-order valence-corrected chi connectivity index (χ2v) is 10.4. The number of unbranched alkanes of at least 4 members (excludes halogenated alkanes) is 1. The third kappa shape index (κ3) is 7.18. The number of piperidine rings is 1. The summed E-state index contributed by atoms with van der Waals surface area (Å²) in [5.74, 6) is -0.0462. The molecule has 0 spiro atoms. The number of halogens is 2. The molecule has 2 N–H and O–H groups in total. The van der Waals surface area contributed by atoms with Crippen LogP contribution in [0.15, 0.2) is 24.3 Å². The Labute approximate surface area is 211 Å². The van der Waals surface area contributed by atoms with Gasteiger partial charge in [-0.25, -0.2) is 0 Å². The van der Waals surface area contributed by atoms with Crippen LogP contribution in [0.2, 0.25) is 10.0 Å². The van der Waals surface area contributed by atoms with Gasteiger partial charge in [-0.1, -0.05) is 36.2 Å². The molecule has 1 aromatic rings. The van der Waals surface area contributed by atoms with E-state index < -0.39 is 11.5 Å². The number of benzene rings is 1. The summed E-state index contributed by atoms with van der Waals surface area (Å²) < 4.78 is 0. The standard InChI is InChI=1S/C25H35Cl2N3O4/c1-25(18-31)9-13-28(17-22(25)32)10-2-3-11-29-14-15-30(12-8-24(29)34)23(33)7-5-19-4-6-20(26)21(27)16-19/h4-7,16,22,31-32H,2-3,8-15,17-18H2,1H3/t22-,25+/m0/s1. The SMILES string of the molecule is C[C@]1(CO)CCN(CCCCN2CCN(C(=O)C=Cc3ccc(Cl)c(Cl)c3)CCC2=O)C[C@@H]1O. The highest BCUT2D eigenvalue weighted by molar-refractivity contribution is 6.42. The largest absolute Gasteiger partial charge is 0.396 e. The topological polar surface area (TPSA) is 84.3 Å². The van der Waals surface area contributed by atoms with Crippen molar-refractivity contribution in [3.63, 3.8) is 0 Å². The minimum atomic E-state index is -0.521. The van der Waals surface area contributed by atoms with E-state index in [1.165, 1.54) is 6.08 Å². The number of β-amino-alcohol motifs (C(OH)–C–C–N with tert-alkyl or cyclic N) is 1. The number of amides is 2. The summed E-state index contributed by atoms with van der Waals surface area (Å²) in [7, 11) is 0. The van der Waals surface area contributed by atoms with Gasteiger partial charge in [0.2, 0.25) is 11.8 Å². The Morgan fingerprint density at radius 2 is 1.91 bits per heavy atom. The van der Waals surface area contributed by atoms with Crippen LogP contribution in [0.1, 0.15) is 38.2 Å². The van der Waals surface area contributed by atoms with Crippen molar-refractivity contribution in [3.05, 3.63) is 39.9 Å². The smallest absolute Gasteiger partial charge is 0.246 e. The van der Waals surface area contributed by atoms with Gasteiger partial charge in [0.1, 0.15) is 0 Å². The van der Waals surface area contributed by atoms with Gasteiger partial charge in [-0.15, -0.1) is 0 Å². The predicted molar refractivity (Wildman–Crippen MR) is 135 cm³/mol. The second kappa shape index (κ2) is 12.4. The maximum absolute atomic E-state index is 12.6. The molecule has 7 nitrogen and oxygen atoms in total. The number of likely N-dealkylation sites (tertiary alicyclic amines) is 1. The van der Waals surface area contributed by atoms with Crippen LogP contribution in [0.3, 0.4) is 0 Å². The van der Waals surface area contributed by atoms with Crippen molar-refractivity contribution >= 4 is 41.1 Å². The van der Waals surface area contributed by atoms with E-state index in [0.717, 1.165) is 37.9 Å². The Morgan fingerprint density at radius 3 is 2.62 bits per heavy atom. The van der Waals surface area contributed by atoms with Crippen LogP contribution in [-0.4, -0.2) is 95.3 Å². The molecule has 0 bridgehead atoms. The average Bonchev–Trinajstić information content (AvgIpc) is 3.01. The van der Waals surface area contributed by atoms with Crippen LogP contribution in [0.25, 0.3) is 6.08 Å². The Balaban J connectivity index is 1.41. The summed E-state index contributed by atoms with van der Waals surface area (Å²) >= 11 is 12.0. The van der Waals surface area contributed by atoms with Gasteiger partial charge in [0, 0.05) is 50.6 Å². The Morgan fingerprint density at radius 1 is 1.15 bits per heavy atom. The highest BCUT2D eigenvalue weighted by Gasteiger charge is 2.37. The molecular formula is C25H35Cl2N3O4. The summed E-state index contributed by atoms with van der Waals surface area (Å²) in [6.07, 6.45) is 5.60. The third-order valence-corrected chi connectivity index (χ3v) is 7.75. The zero-order valence-corrected chi connectivity index (χ0v) is 21.3. The molecule has 2 saturated heterocycles. The number of hydrogen-bond donors (Lipinski definition) is 2. The number of carbonyl (C=O) groups is 2. The van der Waals surface area contributed by atoms with Crippen LogP contribution in [0.4, 0.5) is 0 Å². The van der Waals surface area contributed by atoms with Crippen molar-refractivity contribution in [3.8, 4) is 0 Å². The predicted octanol–water partition coefficient (Wildman–Crippen LogP) is 2.91. The van der Waals surface area contributed by atoms with Crippen molar-refractivity contribution in [2.24, 2.45) is 5.41 Å². The summed E-state index contributed by atoms with van der Waals surface area (Å²) in [4.78, 5) is 31.0. The van der Waals surface area contributed by atoms with Gasteiger partial charge in [-0.2, -0.15) is 0 Å². The lowest BCUT2D eigenvalue weighted by Crippen LogP contribution is -2.51. The molecule has 1 aromatic carbocycles. The fourth-order valence-electron chi connectivity index (χ4n) is 4.37. The van der Waals surface area contributed by atoms with Crippen LogP contribution in [-0.2, 0) is 9.59 Å². The molecule has 2 amide bonds. The van der Waals surface area contributed by atoms with E-state index in [4.69, 9.17) is 23.2 Å². The summed E-state index contributed by atoms with van der Waals surface area (Å²) in [5, 5.41) is 20.7. The average molecular weight is 512 g/mol. The first-order valence-electron chi connectivity index (χ1n) is 11.9. The number of aliphatic hydroxyl groups is 2. The highest BCUT2D eigenvalue weighted by atomic mass is 35.5. The summed E-state index contributed by atoms with van der Waals surface area (Å²) in [6.45, 7) is 6.36. The molecule has 2 aliphatic rings. The molecule has 0 radical (unpaired) electrons. The molecule has 188 valence electrons.